The molecular weight excluding hydrogens is 877 g/mol. The van der Waals surface area contributed by atoms with Crippen LogP contribution in [0.4, 0.5) is 0 Å². The molecule has 0 amide bonds. The minimum Gasteiger partial charge on any atom is -0.462 e. The molecule has 1 unspecified atom stereocenters. The lowest BCUT2D eigenvalue weighted by molar-refractivity contribution is -0.167. The average Bonchev–Trinajstić information content (AvgIpc) is 3.37. The normalized spacial score (nSPS) is 13.1. The average molecular weight is 982 g/mol. The van der Waals surface area contributed by atoms with Gasteiger partial charge in [-0.3, -0.25) is 14.4 Å². The van der Waals surface area contributed by atoms with Crippen LogP contribution in [0.5, 0.6) is 0 Å². The molecule has 6 heteroatoms. The van der Waals surface area contributed by atoms with Gasteiger partial charge in [-0.1, -0.05) is 219 Å². The van der Waals surface area contributed by atoms with Crippen molar-refractivity contribution in [3.8, 4) is 0 Å². The van der Waals surface area contributed by atoms with Gasteiger partial charge in [0.2, 0.25) is 0 Å². The Balaban J connectivity index is 4.52. The lowest BCUT2D eigenvalue weighted by atomic mass is 10.1. The van der Waals surface area contributed by atoms with Gasteiger partial charge in [-0.2, -0.15) is 0 Å². The first-order valence-corrected chi connectivity index (χ1v) is 28.7. The molecule has 0 fully saturated rings. The summed E-state index contributed by atoms with van der Waals surface area (Å²) in [7, 11) is 0. The van der Waals surface area contributed by atoms with E-state index < -0.39 is 6.10 Å². The Morgan fingerprint density at radius 1 is 0.296 bits per heavy atom. The first-order valence-electron chi connectivity index (χ1n) is 28.7. The fourth-order valence-electron chi connectivity index (χ4n) is 7.37. The number of rotatable bonds is 50. The highest BCUT2D eigenvalue weighted by Crippen LogP contribution is 2.13. The van der Waals surface area contributed by atoms with Gasteiger partial charge in [0.25, 0.3) is 0 Å². The Labute approximate surface area is 436 Å². The summed E-state index contributed by atoms with van der Waals surface area (Å²) in [4.78, 5) is 38.2. The molecule has 0 rings (SSSR count). The highest BCUT2D eigenvalue weighted by atomic mass is 16.6. The van der Waals surface area contributed by atoms with Gasteiger partial charge in [0.05, 0.1) is 0 Å². The van der Waals surface area contributed by atoms with E-state index >= 15 is 0 Å². The summed E-state index contributed by atoms with van der Waals surface area (Å²) in [5.41, 5.74) is 0. The highest BCUT2D eigenvalue weighted by Gasteiger charge is 2.19. The largest absolute Gasteiger partial charge is 0.462 e. The number of allylic oxidation sites excluding steroid dienone is 22. The highest BCUT2D eigenvalue weighted by molar-refractivity contribution is 5.71. The zero-order chi connectivity index (χ0) is 51.4. The summed E-state index contributed by atoms with van der Waals surface area (Å²) in [5, 5.41) is 0. The third-order valence-corrected chi connectivity index (χ3v) is 11.6. The van der Waals surface area contributed by atoms with Crippen molar-refractivity contribution in [3.63, 3.8) is 0 Å². The third kappa shape index (κ3) is 56.3. The molecule has 0 aliphatic rings. The maximum Gasteiger partial charge on any atom is 0.306 e. The molecule has 0 radical (unpaired) electrons. The lowest BCUT2D eigenvalue weighted by Gasteiger charge is -2.18. The molecular formula is C65H104O6. The van der Waals surface area contributed by atoms with Gasteiger partial charge >= 0.3 is 17.9 Å². The van der Waals surface area contributed by atoms with Crippen LogP contribution in [0.1, 0.15) is 239 Å². The maximum absolute atomic E-state index is 12.9. The first kappa shape index (κ1) is 66.6. The molecule has 0 spiro atoms. The third-order valence-electron chi connectivity index (χ3n) is 11.6. The monoisotopic (exact) mass is 981 g/mol. The van der Waals surface area contributed by atoms with Gasteiger partial charge in [0, 0.05) is 19.3 Å². The van der Waals surface area contributed by atoms with E-state index in [-0.39, 0.29) is 31.1 Å². The Morgan fingerprint density at radius 3 is 0.887 bits per heavy atom. The quantitative estimate of drug-likeness (QED) is 0.0262. The van der Waals surface area contributed by atoms with Crippen LogP contribution in [0, 0.1) is 0 Å². The predicted molar refractivity (Wildman–Crippen MR) is 306 cm³/mol. The minimum atomic E-state index is -0.814. The van der Waals surface area contributed by atoms with E-state index in [1.807, 2.05) is 0 Å². The van der Waals surface area contributed by atoms with Crippen molar-refractivity contribution in [2.45, 2.75) is 245 Å². The standard InChI is InChI=1S/C65H104O6/c1-4-7-10-13-16-19-22-25-28-30-32-34-37-40-43-46-49-52-55-58-64(67)70-61-62(60-69-63(66)57-54-51-48-45-42-39-36-27-24-21-18-15-12-9-6-3)71-65(68)59-56-53-50-47-44-41-38-35-33-31-29-26-23-20-17-14-11-8-5-2/h7,9-10,12,16-21,25-29,32-36,42,45,62H,4-6,8,11,13-15,22-24,30-31,37-41,43-44,46-61H2,1-3H3/b10-7-,12-9-,19-16-,20-17-,21-18-,28-25-,29-26-,34-32-,35-33-,36-27-,45-42-. The summed E-state index contributed by atoms with van der Waals surface area (Å²) in [5.74, 6) is -0.981. The number of hydrogen-bond acceptors (Lipinski definition) is 6. The van der Waals surface area contributed by atoms with Crippen LogP contribution in [-0.2, 0) is 28.6 Å². The first-order chi connectivity index (χ1) is 35.0. The molecule has 0 aromatic heterocycles. The molecule has 0 N–H and O–H groups in total. The summed E-state index contributed by atoms with van der Waals surface area (Å²) >= 11 is 0. The van der Waals surface area contributed by atoms with Crippen LogP contribution in [0.2, 0.25) is 0 Å². The second-order valence-corrected chi connectivity index (χ2v) is 18.4. The molecule has 0 bridgehead atoms. The fourth-order valence-corrected chi connectivity index (χ4v) is 7.37. The van der Waals surface area contributed by atoms with Crippen molar-refractivity contribution in [3.05, 3.63) is 134 Å². The number of esters is 3. The Hall–Kier alpha value is -4.45. The van der Waals surface area contributed by atoms with E-state index in [0.717, 1.165) is 141 Å². The van der Waals surface area contributed by atoms with Crippen molar-refractivity contribution in [1.82, 2.24) is 0 Å². The van der Waals surface area contributed by atoms with E-state index in [1.54, 1.807) is 0 Å². The van der Waals surface area contributed by atoms with Crippen molar-refractivity contribution in [2.24, 2.45) is 0 Å². The molecule has 400 valence electrons. The number of unbranched alkanes of at least 4 members (excludes halogenated alkanes) is 17. The van der Waals surface area contributed by atoms with Crippen molar-refractivity contribution in [1.29, 1.82) is 0 Å². The fraction of sp³-hybridized carbons (Fsp3) is 0.615. The van der Waals surface area contributed by atoms with Crippen LogP contribution in [-0.4, -0.2) is 37.2 Å². The SMILES string of the molecule is CC/C=C\C/C=C\C/C=C\C/C=C\CCCCCCCCC(=O)OCC(COC(=O)CCCC/C=C\C/C=C\C/C=C\C/C=C\CC)OC(=O)CCCCCCCC/C=C\C/C=C\C/C=C\CCCCC. The smallest absolute Gasteiger partial charge is 0.306 e. The van der Waals surface area contributed by atoms with Crippen molar-refractivity contribution >= 4 is 17.9 Å². The Morgan fingerprint density at radius 2 is 0.549 bits per heavy atom. The van der Waals surface area contributed by atoms with Crippen molar-refractivity contribution < 1.29 is 28.6 Å². The van der Waals surface area contributed by atoms with Crippen molar-refractivity contribution in [2.75, 3.05) is 13.2 Å². The van der Waals surface area contributed by atoms with Gasteiger partial charge in [-0.15, -0.1) is 0 Å². The number of hydrogen-bond donors (Lipinski definition) is 0. The molecule has 71 heavy (non-hydrogen) atoms. The number of ether oxygens (including phenoxy) is 3. The van der Waals surface area contributed by atoms with Gasteiger partial charge in [0.1, 0.15) is 13.2 Å². The molecule has 0 aromatic rings. The van der Waals surface area contributed by atoms with E-state index in [0.29, 0.717) is 25.7 Å². The van der Waals surface area contributed by atoms with Gasteiger partial charge in [-0.05, 0) is 135 Å². The molecule has 6 nitrogen and oxygen atoms in total. The molecule has 1 atom stereocenters. The molecule has 0 aromatic carbocycles. The predicted octanol–water partition coefficient (Wildman–Crippen LogP) is 19.4. The van der Waals surface area contributed by atoms with Crippen LogP contribution < -0.4 is 0 Å². The molecule has 0 saturated carbocycles. The summed E-state index contributed by atoms with van der Waals surface area (Å²) in [6, 6.07) is 0. The van der Waals surface area contributed by atoms with E-state index in [9.17, 15) is 14.4 Å². The summed E-state index contributed by atoms with van der Waals surface area (Å²) in [6.45, 7) is 6.32. The number of carbonyl (C=O) groups excluding carboxylic acids is 3. The van der Waals surface area contributed by atoms with Crippen LogP contribution in [0.3, 0.4) is 0 Å². The van der Waals surface area contributed by atoms with Crippen LogP contribution >= 0.6 is 0 Å². The molecule has 0 aliphatic carbocycles. The topological polar surface area (TPSA) is 78.9 Å². The summed E-state index contributed by atoms with van der Waals surface area (Å²) < 4.78 is 16.8. The zero-order valence-corrected chi connectivity index (χ0v) is 45.7. The lowest BCUT2D eigenvalue weighted by Crippen LogP contribution is -2.30. The van der Waals surface area contributed by atoms with E-state index in [4.69, 9.17) is 14.2 Å². The summed E-state index contributed by atoms with van der Waals surface area (Å²) in [6.07, 6.45) is 81.5. The molecule has 0 heterocycles. The van der Waals surface area contributed by atoms with Crippen LogP contribution in [0.15, 0.2) is 134 Å². The second-order valence-electron chi connectivity index (χ2n) is 18.4. The number of carbonyl (C=O) groups is 3. The van der Waals surface area contributed by atoms with Gasteiger partial charge in [0.15, 0.2) is 6.10 Å². The van der Waals surface area contributed by atoms with E-state index in [1.165, 1.54) is 51.4 Å². The maximum atomic E-state index is 12.9. The Kier molecular flexibility index (Phi) is 54.5. The van der Waals surface area contributed by atoms with Crippen LogP contribution in [0.25, 0.3) is 0 Å². The Bertz CT molecular complexity index is 1550. The zero-order valence-electron chi connectivity index (χ0n) is 45.7. The van der Waals surface area contributed by atoms with Gasteiger partial charge in [-0.25, -0.2) is 0 Å². The second kappa shape index (κ2) is 58.1. The molecule has 0 saturated heterocycles. The van der Waals surface area contributed by atoms with E-state index in [2.05, 4.69) is 154 Å². The van der Waals surface area contributed by atoms with Gasteiger partial charge < -0.3 is 14.2 Å². The minimum absolute atomic E-state index is 0.109. The molecule has 0 aliphatic heterocycles.